The zero-order chi connectivity index (χ0) is 16.4. The number of aromatic nitrogens is 1. The van der Waals surface area contributed by atoms with Crippen molar-refractivity contribution in [2.45, 2.75) is 0 Å². The van der Waals surface area contributed by atoms with Crippen LogP contribution in [0.25, 0.3) is 21.5 Å². The van der Waals surface area contributed by atoms with E-state index in [9.17, 15) is 4.79 Å². The molecule has 0 saturated carbocycles. The van der Waals surface area contributed by atoms with Gasteiger partial charge in [0.2, 0.25) is 0 Å². The summed E-state index contributed by atoms with van der Waals surface area (Å²) in [6, 6.07) is 21.3. The predicted octanol–water partition coefficient (Wildman–Crippen LogP) is 5.03. The second-order valence-electron chi connectivity index (χ2n) is 5.51. The van der Waals surface area contributed by atoms with Gasteiger partial charge in [0, 0.05) is 22.4 Å². The molecule has 0 saturated heterocycles. The first kappa shape index (κ1) is 14.2. The van der Waals surface area contributed by atoms with Crippen molar-refractivity contribution in [1.29, 1.82) is 0 Å². The normalized spacial score (nSPS) is 10.7. The van der Waals surface area contributed by atoms with E-state index >= 15 is 0 Å². The van der Waals surface area contributed by atoms with Crippen LogP contribution in [-0.2, 0) is 0 Å². The minimum atomic E-state index is -0.287. The lowest BCUT2D eigenvalue weighted by Gasteiger charge is -2.11. The van der Waals surface area contributed by atoms with Crippen molar-refractivity contribution in [3.63, 3.8) is 0 Å². The van der Waals surface area contributed by atoms with Crippen molar-refractivity contribution in [2.75, 3.05) is 10.6 Å². The minimum absolute atomic E-state index is 0.287. The molecule has 0 fully saturated rings. The van der Waals surface area contributed by atoms with Gasteiger partial charge in [-0.05, 0) is 11.5 Å². The Labute approximate surface area is 139 Å². The van der Waals surface area contributed by atoms with Gasteiger partial charge in [-0.1, -0.05) is 60.7 Å². The van der Waals surface area contributed by atoms with Crippen LogP contribution in [0.5, 0.6) is 0 Å². The highest BCUT2D eigenvalue weighted by Gasteiger charge is 2.08. The maximum absolute atomic E-state index is 12.4. The van der Waals surface area contributed by atoms with Crippen molar-refractivity contribution >= 4 is 39.0 Å². The van der Waals surface area contributed by atoms with Crippen LogP contribution in [0.2, 0.25) is 0 Å². The summed E-state index contributed by atoms with van der Waals surface area (Å²) in [5.74, 6) is 0. The van der Waals surface area contributed by atoms with Gasteiger partial charge in [-0.3, -0.25) is 4.98 Å². The number of benzene rings is 3. The number of nitrogens with one attached hydrogen (secondary N) is 2. The molecule has 0 bridgehead atoms. The van der Waals surface area contributed by atoms with Crippen LogP contribution in [0.4, 0.5) is 16.2 Å². The standard InChI is InChI=1S/C20H15N3O/c24-20(22-18-11-5-8-14-6-1-3-9-16(14)18)23-19-13-21-12-15-7-2-4-10-17(15)19/h1-13H,(H2,22,23,24). The maximum atomic E-state index is 12.4. The zero-order valence-electron chi connectivity index (χ0n) is 12.9. The van der Waals surface area contributed by atoms with Gasteiger partial charge in [0.05, 0.1) is 17.6 Å². The molecule has 4 nitrogen and oxygen atoms in total. The molecule has 116 valence electrons. The van der Waals surface area contributed by atoms with Gasteiger partial charge >= 0.3 is 6.03 Å². The summed E-state index contributed by atoms with van der Waals surface area (Å²) in [4.78, 5) is 16.6. The molecular weight excluding hydrogens is 298 g/mol. The van der Waals surface area contributed by atoms with Gasteiger partial charge in [-0.25, -0.2) is 4.79 Å². The number of hydrogen-bond donors (Lipinski definition) is 2. The van der Waals surface area contributed by atoms with Gasteiger partial charge in [0.25, 0.3) is 0 Å². The Bertz CT molecular complexity index is 949. The Balaban J connectivity index is 1.62. The average Bonchev–Trinajstić information content (AvgIpc) is 2.62. The van der Waals surface area contributed by atoms with Gasteiger partial charge in [-0.15, -0.1) is 0 Å². The number of carbonyl (C=O) groups excluding carboxylic acids is 1. The minimum Gasteiger partial charge on any atom is -0.307 e. The van der Waals surface area contributed by atoms with Gasteiger partial charge in [-0.2, -0.15) is 0 Å². The number of carbonyl (C=O) groups is 1. The molecule has 3 aromatic carbocycles. The number of nitrogens with zero attached hydrogens (tertiary/aromatic N) is 1. The van der Waals surface area contributed by atoms with E-state index in [0.29, 0.717) is 5.69 Å². The first-order valence-electron chi connectivity index (χ1n) is 7.70. The first-order valence-corrected chi connectivity index (χ1v) is 7.70. The Morgan fingerprint density at radius 1 is 0.667 bits per heavy atom. The van der Waals surface area contributed by atoms with E-state index in [0.717, 1.165) is 27.2 Å². The van der Waals surface area contributed by atoms with E-state index in [4.69, 9.17) is 0 Å². The van der Waals surface area contributed by atoms with Crippen molar-refractivity contribution < 1.29 is 4.79 Å². The largest absolute Gasteiger partial charge is 0.323 e. The molecule has 4 aromatic rings. The summed E-state index contributed by atoms with van der Waals surface area (Å²) in [7, 11) is 0. The third kappa shape index (κ3) is 2.65. The summed E-state index contributed by atoms with van der Waals surface area (Å²) < 4.78 is 0. The van der Waals surface area contributed by atoms with Crippen molar-refractivity contribution in [1.82, 2.24) is 4.98 Å². The molecule has 0 radical (unpaired) electrons. The summed E-state index contributed by atoms with van der Waals surface area (Å²) in [5.41, 5.74) is 1.46. The summed E-state index contributed by atoms with van der Waals surface area (Å²) in [6.45, 7) is 0. The summed E-state index contributed by atoms with van der Waals surface area (Å²) in [6.07, 6.45) is 3.44. The topological polar surface area (TPSA) is 54.0 Å². The van der Waals surface area contributed by atoms with Gasteiger partial charge in [0.1, 0.15) is 0 Å². The Morgan fingerprint density at radius 3 is 2.12 bits per heavy atom. The molecule has 24 heavy (non-hydrogen) atoms. The molecule has 4 heteroatoms. The van der Waals surface area contributed by atoms with Gasteiger partial charge in [0.15, 0.2) is 0 Å². The highest BCUT2D eigenvalue weighted by Crippen LogP contribution is 2.24. The van der Waals surface area contributed by atoms with E-state index in [1.54, 1.807) is 12.4 Å². The molecule has 0 aliphatic heterocycles. The molecule has 2 N–H and O–H groups in total. The van der Waals surface area contributed by atoms with Crippen LogP contribution in [0.3, 0.4) is 0 Å². The zero-order valence-corrected chi connectivity index (χ0v) is 12.9. The van der Waals surface area contributed by atoms with Crippen molar-refractivity contribution in [3.8, 4) is 0 Å². The number of fused-ring (bicyclic) bond motifs is 2. The lowest BCUT2D eigenvalue weighted by Crippen LogP contribution is -2.19. The average molecular weight is 313 g/mol. The Hall–Kier alpha value is -3.40. The number of pyridine rings is 1. The third-order valence-electron chi connectivity index (χ3n) is 3.95. The van der Waals surface area contributed by atoms with Crippen LogP contribution in [0.1, 0.15) is 0 Å². The third-order valence-corrected chi connectivity index (χ3v) is 3.95. The molecule has 0 aliphatic rings. The fourth-order valence-electron chi connectivity index (χ4n) is 2.83. The SMILES string of the molecule is O=C(Nc1cccc2ccccc12)Nc1cncc2ccccc12. The molecule has 0 atom stereocenters. The van der Waals surface area contributed by atoms with Crippen LogP contribution < -0.4 is 10.6 Å². The molecule has 0 aliphatic carbocycles. The second kappa shape index (κ2) is 6.01. The van der Waals surface area contributed by atoms with E-state index < -0.39 is 0 Å². The van der Waals surface area contributed by atoms with Crippen LogP contribution in [-0.4, -0.2) is 11.0 Å². The fourth-order valence-corrected chi connectivity index (χ4v) is 2.83. The summed E-state index contributed by atoms with van der Waals surface area (Å²) in [5, 5.41) is 9.84. The maximum Gasteiger partial charge on any atom is 0.323 e. The number of urea groups is 1. The number of amides is 2. The molecule has 1 aromatic heterocycles. The van der Waals surface area contributed by atoms with E-state index in [1.165, 1.54) is 0 Å². The highest BCUT2D eigenvalue weighted by atomic mass is 16.2. The van der Waals surface area contributed by atoms with Crippen molar-refractivity contribution in [2.24, 2.45) is 0 Å². The molecule has 2 amide bonds. The lowest BCUT2D eigenvalue weighted by atomic mass is 10.1. The van der Waals surface area contributed by atoms with Crippen LogP contribution in [0.15, 0.2) is 79.1 Å². The lowest BCUT2D eigenvalue weighted by molar-refractivity contribution is 0.262. The predicted molar refractivity (Wildman–Crippen MR) is 98.3 cm³/mol. The number of rotatable bonds is 2. The smallest absolute Gasteiger partial charge is 0.307 e. The molecule has 0 unspecified atom stereocenters. The molecular formula is C20H15N3O. The fraction of sp³-hybridized carbons (Fsp3) is 0. The molecule has 0 spiro atoms. The monoisotopic (exact) mass is 313 g/mol. The van der Waals surface area contributed by atoms with E-state index in [-0.39, 0.29) is 6.03 Å². The molecule has 4 rings (SSSR count). The van der Waals surface area contributed by atoms with E-state index in [1.807, 2.05) is 66.7 Å². The Morgan fingerprint density at radius 2 is 1.29 bits per heavy atom. The Kier molecular flexibility index (Phi) is 3.56. The summed E-state index contributed by atoms with van der Waals surface area (Å²) >= 11 is 0. The molecule has 1 heterocycles. The number of hydrogen-bond acceptors (Lipinski definition) is 2. The van der Waals surface area contributed by atoms with E-state index in [2.05, 4.69) is 15.6 Å². The van der Waals surface area contributed by atoms with Gasteiger partial charge < -0.3 is 10.6 Å². The van der Waals surface area contributed by atoms with Crippen molar-refractivity contribution in [3.05, 3.63) is 79.1 Å². The second-order valence-corrected chi connectivity index (χ2v) is 5.51. The van der Waals surface area contributed by atoms with Crippen LogP contribution in [0, 0.1) is 0 Å². The highest BCUT2D eigenvalue weighted by molar-refractivity contribution is 6.09. The quantitative estimate of drug-likeness (QED) is 0.545. The number of anilines is 2. The first-order chi connectivity index (χ1) is 11.8. The van der Waals surface area contributed by atoms with Crippen LogP contribution >= 0.6 is 0 Å².